The maximum atomic E-state index is 13.9. The summed E-state index contributed by atoms with van der Waals surface area (Å²) in [4.78, 5) is 20.1. The van der Waals surface area contributed by atoms with E-state index in [2.05, 4.69) is 25.1 Å². The van der Waals surface area contributed by atoms with Crippen LogP contribution in [0.25, 0.3) is 5.57 Å². The maximum Gasteiger partial charge on any atom is 0.459 e. The Kier molecular flexibility index (Phi) is 7.35. The number of ether oxygens (including phenoxy) is 1. The smallest absolute Gasteiger partial charge is 0.428 e. The highest BCUT2D eigenvalue weighted by atomic mass is 19.4. The summed E-state index contributed by atoms with van der Waals surface area (Å²) in [6.45, 7) is -3.80. The summed E-state index contributed by atoms with van der Waals surface area (Å²) >= 11 is 0. The molecule has 1 aliphatic carbocycles. The highest BCUT2D eigenvalue weighted by Gasteiger charge is 2.62. The molecule has 17 heteroatoms. The quantitative estimate of drug-likeness (QED) is 0.381. The first-order chi connectivity index (χ1) is 17.7. The first-order valence-electron chi connectivity index (χ1n) is 10.3. The molecule has 1 fully saturated rings. The number of pyridine rings is 1. The van der Waals surface area contributed by atoms with Gasteiger partial charge in [0.15, 0.2) is 23.0 Å². The third-order valence-electron chi connectivity index (χ3n) is 5.23. The van der Waals surface area contributed by atoms with E-state index in [1.165, 1.54) is 0 Å². The van der Waals surface area contributed by atoms with Gasteiger partial charge >= 0.3 is 18.7 Å². The number of alkyl halides is 7. The van der Waals surface area contributed by atoms with Gasteiger partial charge in [0.1, 0.15) is 11.6 Å². The highest BCUT2D eigenvalue weighted by molar-refractivity contribution is 6.11. The van der Waals surface area contributed by atoms with Gasteiger partial charge in [-0.25, -0.2) is 14.7 Å². The summed E-state index contributed by atoms with van der Waals surface area (Å²) in [5, 5.41) is 23.9. The Morgan fingerprint density at radius 2 is 1.97 bits per heavy atom. The summed E-state index contributed by atoms with van der Waals surface area (Å²) in [5.74, 6) is -9.02. The molecule has 1 amide bonds. The van der Waals surface area contributed by atoms with Gasteiger partial charge in [0.05, 0.1) is 11.6 Å². The Morgan fingerprint density at radius 1 is 1.32 bits per heavy atom. The summed E-state index contributed by atoms with van der Waals surface area (Å²) in [6, 6.07) is 4.78. The van der Waals surface area contributed by atoms with Crippen LogP contribution in [0, 0.1) is 22.7 Å². The van der Waals surface area contributed by atoms with Crippen molar-refractivity contribution < 1.29 is 40.3 Å². The van der Waals surface area contributed by atoms with Crippen LogP contribution >= 0.6 is 0 Å². The van der Waals surface area contributed by atoms with Gasteiger partial charge in [-0.2, -0.15) is 46.4 Å². The fourth-order valence-corrected chi connectivity index (χ4v) is 3.08. The van der Waals surface area contributed by atoms with Crippen LogP contribution in [-0.4, -0.2) is 45.2 Å². The molecule has 0 aromatic carbocycles. The molecular formula is C21H15F7N8O2. The number of aliphatic imine (C=N–C) groups is 1. The van der Waals surface area contributed by atoms with Crippen molar-refractivity contribution in [2.45, 2.75) is 37.1 Å². The Bertz CT molecular complexity index is 1400. The molecule has 2 aromatic rings. The van der Waals surface area contributed by atoms with Crippen LogP contribution in [-0.2, 0) is 13.0 Å². The third-order valence-corrected chi connectivity index (χ3v) is 5.23. The minimum absolute atomic E-state index is 0.0153. The lowest BCUT2D eigenvalue weighted by Gasteiger charge is -2.18. The van der Waals surface area contributed by atoms with Crippen molar-refractivity contribution in [1.82, 2.24) is 20.1 Å². The number of allylic oxidation sites excluding steroid dienone is 1. The Hall–Kier alpha value is -4.67. The molecule has 2 aromatic heterocycles. The SMILES string of the molecule is Cn1nc(C(F)(F)C(F)(F)F)c(OC(F)F)c1N=CC(=CN)c1cnc(C#N)c(C(=O)NC2(C#N)CC2)c1. The van der Waals surface area contributed by atoms with Crippen molar-refractivity contribution in [3.8, 4) is 17.9 Å². The highest BCUT2D eigenvalue weighted by Crippen LogP contribution is 2.49. The number of nitrogens with two attached hydrogens (primary N) is 1. The zero-order valence-corrected chi connectivity index (χ0v) is 19.0. The van der Waals surface area contributed by atoms with E-state index in [1.54, 1.807) is 6.07 Å². The Labute approximate surface area is 208 Å². The molecule has 0 spiro atoms. The molecule has 0 saturated heterocycles. The molecule has 0 bridgehead atoms. The molecule has 1 aliphatic rings. The summed E-state index contributed by atoms with van der Waals surface area (Å²) in [6.07, 6.45) is -2.66. The predicted octanol–water partition coefficient (Wildman–Crippen LogP) is 3.43. The second kappa shape index (κ2) is 10.0. The second-order valence-corrected chi connectivity index (χ2v) is 7.84. The van der Waals surface area contributed by atoms with Gasteiger partial charge in [0, 0.05) is 36.8 Å². The topological polar surface area (TPSA) is 155 Å². The van der Waals surface area contributed by atoms with Gasteiger partial charge in [0.2, 0.25) is 0 Å². The minimum Gasteiger partial charge on any atom is -0.428 e. The van der Waals surface area contributed by atoms with E-state index in [1.807, 2.05) is 6.07 Å². The fourth-order valence-electron chi connectivity index (χ4n) is 3.08. The van der Waals surface area contributed by atoms with Crippen LogP contribution < -0.4 is 15.8 Å². The lowest BCUT2D eigenvalue weighted by molar-refractivity contribution is -0.291. The van der Waals surface area contributed by atoms with Crippen molar-refractivity contribution >= 4 is 23.5 Å². The molecule has 0 unspecified atom stereocenters. The first-order valence-corrected chi connectivity index (χ1v) is 10.3. The molecule has 0 radical (unpaired) electrons. The number of halogens is 7. The average Bonchev–Trinajstić information content (AvgIpc) is 3.55. The van der Waals surface area contributed by atoms with E-state index in [0.717, 1.165) is 31.7 Å². The Balaban J connectivity index is 2.03. The molecule has 2 heterocycles. The molecule has 200 valence electrons. The van der Waals surface area contributed by atoms with Gasteiger partial charge in [-0.3, -0.25) is 4.79 Å². The zero-order valence-electron chi connectivity index (χ0n) is 19.0. The monoisotopic (exact) mass is 544 g/mol. The van der Waals surface area contributed by atoms with Crippen molar-refractivity contribution in [1.29, 1.82) is 10.5 Å². The first kappa shape index (κ1) is 27.9. The number of amides is 1. The number of nitrogens with one attached hydrogen (secondary N) is 1. The molecule has 3 rings (SSSR count). The third kappa shape index (κ3) is 5.36. The van der Waals surface area contributed by atoms with E-state index in [4.69, 9.17) is 5.73 Å². The lowest BCUT2D eigenvalue weighted by atomic mass is 10.0. The van der Waals surface area contributed by atoms with Crippen LogP contribution in [0.4, 0.5) is 36.6 Å². The second-order valence-electron chi connectivity index (χ2n) is 7.84. The summed E-state index contributed by atoms with van der Waals surface area (Å²) in [7, 11) is 0.863. The Morgan fingerprint density at radius 3 is 2.47 bits per heavy atom. The van der Waals surface area contributed by atoms with Crippen LogP contribution in [0.15, 0.2) is 23.5 Å². The molecule has 10 nitrogen and oxygen atoms in total. The lowest BCUT2D eigenvalue weighted by Crippen LogP contribution is -2.36. The fraction of sp³-hybridized carbons (Fsp3) is 0.333. The molecule has 3 N–H and O–H groups in total. The number of aryl methyl sites for hydroxylation is 1. The van der Waals surface area contributed by atoms with E-state index >= 15 is 0 Å². The molecule has 0 aliphatic heterocycles. The number of carbonyl (C=O) groups is 1. The van der Waals surface area contributed by atoms with Crippen molar-refractivity contribution in [2.75, 3.05) is 0 Å². The standard InChI is InChI=1S/C21H15F7N8O2/c1-36-16(14(38-18(22)23)15(35-36)20(24,25)21(26,27)28)33-8-11(5-29)10-4-12(13(6-30)32-7-10)17(37)34-19(9-31)2-3-19/h4-5,7-8,18H,2-3,29H2,1H3,(H,34,37). The summed E-state index contributed by atoms with van der Waals surface area (Å²) < 4.78 is 96.5. The van der Waals surface area contributed by atoms with Crippen LogP contribution in [0.1, 0.15) is 40.2 Å². The van der Waals surface area contributed by atoms with Gasteiger partial charge in [-0.1, -0.05) is 0 Å². The zero-order chi connectivity index (χ0) is 28.5. The van der Waals surface area contributed by atoms with Gasteiger partial charge in [-0.05, 0) is 18.9 Å². The van der Waals surface area contributed by atoms with E-state index < -0.39 is 47.4 Å². The number of hydrogen-bond acceptors (Lipinski definition) is 8. The van der Waals surface area contributed by atoms with E-state index in [0.29, 0.717) is 17.5 Å². The average molecular weight is 544 g/mol. The summed E-state index contributed by atoms with van der Waals surface area (Å²) in [5.41, 5.74) is 1.67. The van der Waals surface area contributed by atoms with Crippen LogP contribution in [0.5, 0.6) is 5.75 Å². The predicted molar refractivity (Wildman–Crippen MR) is 114 cm³/mol. The van der Waals surface area contributed by atoms with Crippen molar-refractivity contribution in [3.63, 3.8) is 0 Å². The van der Waals surface area contributed by atoms with Gasteiger partial charge in [0.25, 0.3) is 5.91 Å². The number of carbonyl (C=O) groups excluding carboxylic acids is 1. The number of rotatable bonds is 8. The van der Waals surface area contributed by atoms with Crippen molar-refractivity contribution in [2.24, 2.45) is 17.8 Å². The number of aromatic nitrogens is 3. The molecule has 1 saturated carbocycles. The van der Waals surface area contributed by atoms with Crippen LogP contribution in [0.2, 0.25) is 0 Å². The normalized spacial score (nSPS) is 15.3. The number of hydrogen-bond donors (Lipinski definition) is 2. The molecule has 0 atom stereocenters. The van der Waals surface area contributed by atoms with Gasteiger partial charge < -0.3 is 15.8 Å². The van der Waals surface area contributed by atoms with Crippen LogP contribution in [0.3, 0.4) is 0 Å². The van der Waals surface area contributed by atoms with Gasteiger partial charge in [-0.15, -0.1) is 0 Å². The van der Waals surface area contributed by atoms with Crippen molar-refractivity contribution in [3.05, 3.63) is 41.0 Å². The molecular weight excluding hydrogens is 529 g/mol. The maximum absolute atomic E-state index is 13.9. The van der Waals surface area contributed by atoms with E-state index in [-0.39, 0.29) is 22.4 Å². The largest absolute Gasteiger partial charge is 0.459 e. The van der Waals surface area contributed by atoms with E-state index in [9.17, 15) is 46.1 Å². The molecule has 38 heavy (non-hydrogen) atoms. The number of nitrogens with zero attached hydrogens (tertiary/aromatic N) is 6. The minimum atomic E-state index is -6.18. The number of nitriles is 2.